The van der Waals surface area contributed by atoms with E-state index < -0.39 is 0 Å². The summed E-state index contributed by atoms with van der Waals surface area (Å²) in [4.78, 5) is 4.12. The summed E-state index contributed by atoms with van der Waals surface area (Å²) in [6.45, 7) is 0.245. The van der Waals surface area contributed by atoms with Gasteiger partial charge in [0.05, 0.1) is 18.7 Å². The van der Waals surface area contributed by atoms with Crippen molar-refractivity contribution < 1.29 is 14.6 Å². The fraction of sp³-hybridized carbons (Fsp3) is 0.250. The Morgan fingerprint density at radius 1 is 1.44 bits per heavy atom. The van der Waals surface area contributed by atoms with Gasteiger partial charge in [0.25, 0.3) is 0 Å². The molecule has 6 heteroatoms. The third kappa shape index (κ3) is 2.93. The molecule has 1 N–H and O–H groups in total. The lowest BCUT2D eigenvalue weighted by atomic mass is 10.2. The van der Waals surface area contributed by atoms with Gasteiger partial charge in [0.1, 0.15) is 11.6 Å². The van der Waals surface area contributed by atoms with Crippen LogP contribution in [-0.2, 0) is 13.2 Å². The Morgan fingerprint density at radius 2 is 2.28 bits per heavy atom. The second-order valence-corrected chi connectivity index (χ2v) is 4.87. The van der Waals surface area contributed by atoms with Gasteiger partial charge >= 0.3 is 0 Å². The van der Waals surface area contributed by atoms with Crippen molar-refractivity contribution in [1.82, 2.24) is 4.98 Å². The van der Waals surface area contributed by atoms with Crippen LogP contribution in [0.5, 0.6) is 11.5 Å². The summed E-state index contributed by atoms with van der Waals surface area (Å²) in [6, 6.07) is 3.35. The van der Waals surface area contributed by atoms with Gasteiger partial charge in [-0.1, -0.05) is 11.6 Å². The maximum atomic E-state index is 9.09. The van der Waals surface area contributed by atoms with Gasteiger partial charge < -0.3 is 14.6 Å². The number of ether oxygens (including phenoxy) is 2. The molecule has 0 aliphatic carbocycles. The van der Waals surface area contributed by atoms with Crippen molar-refractivity contribution in [3.63, 3.8) is 0 Å². The van der Waals surface area contributed by atoms with Crippen molar-refractivity contribution in [1.29, 1.82) is 0 Å². The summed E-state index contributed by atoms with van der Waals surface area (Å²) in [6.07, 6.45) is 1.72. The van der Waals surface area contributed by atoms with Crippen LogP contribution >= 0.6 is 22.9 Å². The van der Waals surface area contributed by atoms with E-state index in [4.69, 9.17) is 26.2 Å². The molecule has 1 heterocycles. The largest absolute Gasteiger partial charge is 0.493 e. The van der Waals surface area contributed by atoms with Gasteiger partial charge in [-0.05, 0) is 17.7 Å². The molecule has 0 radical (unpaired) electrons. The van der Waals surface area contributed by atoms with Crippen LogP contribution in [-0.4, -0.2) is 17.2 Å². The monoisotopic (exact) mass is 285 g/mol. The van der Waals surface area contributed by atoms with Crippen molar-refractivity contribution in [2.75, 3.05) is 7.11 Å². The highest BCUT2D eigenvalue weighted by atomic mass is 35.5. The van der Waals surface area contributed by atoms with Crippen LogP contribution < -0.4 is 9.47 Å². The molecule has 2 aromatic rings. The van der Waals surface area contributed by atoms with Gasteiger partial charge in [-0.15, -0.1) is 11.3 Å². The Balaban J connectivity index is 2.20. The summed E-state index contributed by atoms with van der Waals surface area (Å²) in [7, 11) is 1.53. The van der Waals surface area contributed by atoms with Gasteiger partial charge in [0, 0.05) is 11.6 Å². The van der Waals surface area contributed by atoms with Crippen molar-refractivity contribution in [2.24, 2.45) is 0 Å². The van der Waals surface area contributed by atoms with Crippen molar-refractivity contribution in [3.8, 4) is 11.5 Å². The van der Waals surface area contributed by atoms with Crippen molar-refractivity contribution >= 4 is 22.9 Å². The number of hydrogen-bond donors (Lipinski definition) is 1. The normalized spacial score (nSPS) is 10.4. The number of aromatic nitrogens is 1. The first-order valence-corrected chi connectivity index (χ1v) is 6.48. The van der Waals surface area contributed by atoms with Crippen molar-refractivity contribution in [2.45, 2.75) is 13.2 Å². The van der Waals surface area contributed by atoms with E-state index in [0.29, 0.717) is 28.7 Å². The summed E-state index contributed by atoms with van der Waals surface area (Å²) in [5.41, 5.74) is 0.679. The summed E-state index contributed by atoms with van der Waals surface area (Å²) < 4.78 is 10.8. The molecule has 0 aliphatic rings. The molecule has 0 spiro atoms. The Labute approximate surface area is 114 Å². The van der Waals surface area contributed by atoms with E-state index in [1.807, 2.05) is 5.38 Å². The van der Waals surface area contributed by atoms with Gasteiger partial charge in [0.2, 0.25) is 0 Å². The average Bonchev–Trinajstić information content (AvgIpc) is 2.89. The first-order chi connectivity index (χ1) is 8.74. The minimum Gasteiger partial charge on any atom is -0.493 e. The van der Waals surface area contributed by atoms with Crippen LogP contribution in [0.15, 0.2) is 23.7 Å². The van der Waals surface area contributed by atoms with E-state index >= 15 is 0 Å². The number of rotatable bonds is 5. The zero-order valence-corrected chi connectivity index (χ0v) is 11.3. The maximum Gasteiger partial charge on any atom is 0.180 e. The fourth-order valence-electron chi connectivity index (χ4n) is 1.46. The van der Waals surface area contributed by atoms with Crippen LogP contribution in [0.1, 0.15) is 10.6 Å². The van der Waals surface area contributed by atoms with Crippen LogP contribution in [0.2, 0.25) is 5.02 Å². The summed E-state index contributed by atoms with van der Waals surface area (Å²) >= 11 is 7.61. The van der Waals surface area contributed by atoms with E-state index in [2.05, 4.69) is 4.98 Å². The molecule has 0 fully saturated rings. The zero-order chi connectivity index (χ0) is 13.0. The van der Waals surface area contributed by atoms with Crippen LogP contribution in [0.4, 0.5) is 0 Å². The highest BCUT2D eigenvalue weighted by Gasteiger charge is 2.12. The summed E-state index contributed by atoms with van der Waals surface area (Å²) in [5, 5.41) is 12.2. The molecule has 18 heavy (non-hydrogen) atoms. The molecule has 0 bridgehead atoms. The Bertz CT molecular complexity index is 516. The van der Waals surface area contributed by atoms with Crippen LogP contribution in [0.25, 0.3) is 0 Å². The lowest BCUT2D eigenvalue weighted by Crippen LogP contribution is -1.99. The molecule has 1 aromatic heterocycles. The van der Waals surface area contributed by atoms with E-state index in [0.717, 1.165) is 5.01 Å². The minimum atomic E-state index is -0.0944. The average molecular weight is 286 g/mol. The lowest BCUT2D eigenvalue weighted by molar-refractivity contribution is 0.274. The standard InChI is InChI=1S/C12H12ClNO3S/c1-16-10-5-8(6-15)4-9(13)12(10)17-7-11-14-2-3-18-11/h2-5,15H,6-7H2,1H3. The number of nitrogens with zero attached hydrogens (tertiary/aromatic N) is 1. The molecule has 2 rings (SSSR count). The molecule has 0 unspecified atom stereocenters. The Kier molecular flexibility index (Phi) is 4.41. The van der Waals surface area contributed by atoms with Gasteiger partial charge in [-0.3, -0.25) is 0 Å². The van der Waals surface area contributed by atoms with E-state index in [-0.39, 0.29) is 6.61 Å². The molecule has 0 atom stereocenters. The maximum absolute atomic E-state index is 9.09. The molecule has 0 saturated heterocycles. The molecule has 4 nitrogen and oxygen atoms in total. The number of aliphatic hydroxyl groups excluding tert-OH is 1. The number of aliphatic hydroxyl groups is 1. The van der Waals surface area contributed by atoms with Crippen molar-refractivity contribution in [3.05, 3.63) is 39.3 Å². The smallest absolute Gasteiger partial charge is 0.180 e. The predicted octanol–water partition coefficient (Wildman–Crippen LogP) is 2.88. The quantitative estimate of drug-likeness (QED) is 0.918. The highest BCUT2D eigenvalue weighted by Crippen LogP contribution is 2.37. The third-order valence-electron chi connectivity index (χ3n) is 2.30. The molecular formula is C12H12ClNO3S. The molecule has 96 valence electrons. The first kappa shape index (κ1) is 13.1. The minimum absolute atomic E-state index is 0.0944. The number of methoxy groups -OCH3 is 1. The van der Waals surface area contributed by atoms with E-state index in [1.54, 1.807) is 18.3 Å². The SMILES string of the molecule is COc1cc(CO)cc(Cl)c1OCc1nccs1. The highest BCUT2D eigenvalue weighted by molar-refractivity contribution is 7.09. The Morgan fingerprint density at radius 3 is 2.89 bits per heavy atom. The lowest BCUT2D eigenvalue weighted by Gasteiger charge is -2.12. The molecule has 1 aromatic carbocycles. The zero-order valence-electron chi connectivity index (χ0n) is 9.72. The van der Waals surface area contributed by atoms with Crippen LogP contribution in [0, 0.1) is 0 Å². The fourth-order valence-corrected chi connectivity index (χ4v) is 2.28. The topological polar surface area (TPSA) is 51.6 Å². The second kappa shape index (κ2) is 6.04. The first-order valence-electron chi connectivity index (χ1n) is 5.23. The number of halogens is 1. The van der Waals surface area contributed by atoms with E-state index in [9.17, 15) is 0 Å². The van der Waals surface area contributed by atoms with Gasteiger partial charge in [0.15, 0.2) is 11.5 Å². The molecular weight excluding hydrogens is 274 g/mol. The molecule has 0 aliphatic heterocycles. The summed E-state index contributed by atoms with van der Waals surface area (Å²) in [5.74, 6) is 0.967. The third-order valence-corrected chi connectivity index (χ3v) is 3.33. The Hall–Kier alpha value is -1.30. The molecule has 0 saturated carbocycles. The van der Waals surface area contributed by atoms with Gasteiger partial charge in [-0.2, -0.15) is 0 Å². The van der Waals surface area contributed by atoms with Crippen LogP contribution in [0.3, 0.4) is 0 Å². The van der Waals surface area contributed by atoms with E-state index in [1.165, 1.54) is 18.4 Å². The number of benzene rings is 1. The second-order valence-electron chi connectivity index (χ2n) is 3.48. The number of thiazole rings is 1. The predicted molar refractivity (Wildman–Crippen MR) is 70.4 cm³/mol. The van der Waals surface area contributed by atoms with Gasteiger partial charge in [-0.25, -0.2) is 4.98 Å². The number of hydrogen-bond acceptors (Lipinski definition) is 5. The molecule has 0 amide bonds.